The lowest BCUT2D eigenvalue weighted by molar-refractivity contribution is -0.160. The molecule has 0 aromatic heterocycles. The number of nitriles is 1. The van der Waals surface area contributed by atoms with Gasteiger partial charge in [0, 0.05) is 12.8 Å². The summed E-state index contributed by atoms with van der Waals surface area (Å²) in [6, 6.07) is 2.31. The Labute approximate surface area is 120 Å². The van der Waals surface area contributed by atoms with Crippen LogP contribution in [0.3, 0.4) is 0 Å². The Kier molecular flexibility index (Phi) is 3.32. The fraction of sp³-hybridized carbons (Fsp3) is 0.812. The van der Waals surface area contributed by atoms with Crippen LogP contribution in [0, 0.1) is 16.7 Å². The second-order valence-corrected chi connectivity index (χ2v) is 6.89. The van der Waals surface area contributed by atoms with Crippen molar-refractivity contribution in [2.24, 2.45) is 5.41 Å². The number of hydrogen-bond acceptors (Lipinski definition) is 3. The van der Waals surface area contributed by atoms with Gasteiger partial charge in [-0.25, -0.2) is 0 Å². The third-order valence-electron chi connectivity index (χ3n) is 5.53. The van der Waals surface area contributed by atoms with Gasteiger partial charge in [-0.3, -0.25) is 14.5 Å². The van der Waals surface area contributed by atoms with Gasteiger partial charge in [-0.2, -0.15) is 5.26 Å². The largest absolute Gasteiger partial charge is 0.274 e. The zero-order valence-electron chi connectivity index (χ0n) is 12.0. The Morgan fingerprint density at radius 3 is 1.85 bits per heavy atom. The van der Waals surface area contributed by atoms with Crippen LogP contribution in [-0.4, -0.2) is 22.3 Å². The molecule has 1 heterocycles. The molecule has 0 bridgehead atoms. The molecule has 0 N–H and O–H groups in total. The fourth-order valence-electron chi connectivity index (χ4n) is 4.48. The summed E-state index contributed by atoms with van der Waals surface area (Å²) >= 11 is 0. The highest BCUT2D eigenvalue weighted by Crippen LogP contribution is 2.49. The van der Waals surface area contributed by atoms with E-state index >= 15 is 0 Å². The molecule has 0 radical (unpaired) electrons. The lowest BCUT2D eigenvalue weighted by Crippen LogP contribution is -2.59. The molecular weight excluding hydrogens is 252 g/mol. The van der Waals surface area contributed by atoms with Crippen molar-refractivity contribution < 1.29 is 9.59 Å². The molecule has 1 aliphatic heterocycles. The first-order valence-electron chi connectivity index (χ1n) is 7.88. The van der Waals surface area contributed by atoms with E-state index in [2.05, 4.69) is 6.07 Å². The van der Waals surface area contributed by atoms with Gasteiger partial charge in [0.15, 0.2) is 0 Å². The van der Waals surface area contributed by atoms with E-state index in [-0.39, 0.29) is 17.2 Å². The van der Waals surface area contributed by atoms with E-state index in [0.29, 0.717) is 25.7 Å². The zero-order chi connectivity index (χ0) is 14.2. The number of amides is 2. The topological polar surface area (TPSA) is 61.2 Å². The molecule has 0 aromatic rings. The van der Waals surface area contributed by atoms with E-state index in [1.54, 1.807) is 0 Å². The number of carbonyl (C=O) groups excluding carboxylic acids is 2. The average molecular weight is 274 g/mol. The second kappa shape index (κ2) is 4.87. The van der Waals surface area contributed by atoms with Gasteiger partial charge >= 0.3 is 0 Å². The van der Waals surface area contributed by atoms with Crippen molar-refractivity contribution in [3.8, 4) is 6.07 Å². The maximum atomic E-state index is 12.6. The van der Waals surface area contributed by atoms with Gasteiger partial charge in [0.1, 0.15) is 5.54 Å². The molecular formula is C16H22N2O2. The van der Waals surface area contributed by atoms with Crippen molar-refractivity contribution in [1.82, 2.24) is 4.90 Å². The molecule has 2 aliphatic carbocycles. The van der Waals surface area contributed by atoms with Crippen LogP contribution in [0.5, 0.6) is 0 Å². The van der Waals surface area contributed by atoms with E-state index in [1.807, 2.05) is 0 Å². The van der Waals surface area contributed by atoms with Crippen molar-refractivity contribution in [2.45, 2.75) is 76.2 Å². The van der Waals surface area contributed by atoms with Crippen molar-refractivity contribution in [3.05, 3.63) is 0 Å². The molecule has 20 heavy (non-hydrogen) atoms. The number of likely N-dealkylation sites (tertiary alicyclic amines) is 1. The number of piperidine rings is 1. The Morgan fingerprint density at radius 1 is 0.850 bits per heavy atom. The first kappa shape index (κ1) is 13.6. The normalized spacial score (nSPS) is 28.6. The first-order chi connectivity index (χ1) is 9.61. The second-order valence-electron chi connectivity index (χ2n) is 6.89. The Bertz CT molecular complexity index is 445. The van der Waals surface area contributed by atoms with Crippen LogP contribution in [-0.2, 0) is 9.59 Å². The summed E-state index contributed by atoms with van der Waals surface area (Å²) in [7, 11) is 0. The van der Waals surface area contributed by atoms with Crippen molar-refractivity contribution >= 4 is 11.8 Å². The van der Waals surface area contributed by atoms with Gasteiger partial charge in [0.2, 0.25) is 11.8 Å². The summed E-state index contributed by atoms with van der Waals surface area (Å²) in [5, 5.41) is 9.59. The van der Waals surface area contributed by atoms with Gasteiger partial charge in [-0.05, 0) is 31.1 Å². The van der Waals surface area contributed by atoms with Gasteiger partial charge in [-0.1, -0.05) is 32.1 Å². The SMILES string of the molecule is N#CC1(N2C(=O)CC3(CCCC3)CC2=O)CCCCC1. The van der Waals surface area contributed by atoms with Gasteiger partial charge in [0.05, 0.1) is 6.07 Å². The molecule has 108 valence electrons. The summed E-state index contributed by atoms with van der Waals surface area (Å²) in [5.41, 5.74) is -0.914. The van der Waals surface area contributed by atoms with Crippen LogP contribution >= 0.6 is 0 Å². The summed E-state index contributed by atoms with van der Waals surface area (Å²) in [4.78, 5) is 26.5. The lowest BCUT2D eigenvalue weighted by Gasteiger charge is -2.45. The number of nitrogens with zero attached hydrogens (tertiary/aromatic N) is 2. The summed E-state index contributed by atoms with van der Waals surface area (Å²) in [6.45, 7) is 0. The lowest BCUT2D eigenvalue weighted by atomic mass is 9.73. The zero-order valence-corrected chi connectivity index (χ0v) is 12.0. The van der Waals surface area contributed by atoms with Crippen LogP contribution in [0.2, 0.25) is 0 Å². The summed E-state index contributed by atoms with van der Waals surface area (Å²) in [5.74, 6) is -0.182. The Morgan fingerprint density at radius 2 is 1.35 bits per heavy atom. The molecule has 2 amide bonds. The number of hydrogen-bond donors (Lipinski definition) is 0. The molecule has 3 rings (SSSR count). The van der Waals surface area contributed by atoms with Crippen LogP contribution < -0.4 is 0 Å². The number of imide groups is 1. The van der Waals surface area contributed by atoms with Crippen LogP contribution in [0.1, 0.15) is 70.6 Å². The van der Waals surface area contributed by atoms with E-state index in [9.17, 15) is 14.9 Å². The minimum Gasteiger partial charge on any atom is -0.274 e. The quantitative estimate of drug-likeness (QED) is 0.691. The van der Waals surface area contributed by atoms with Crippen molar-refractivity contribution in [1.29, 1.82) is 5.26 Å². The third kappa shape index (κ3) is 2.04. The number of carbonyl (C=O) groups is 2. The molecule has 4 nitrogen and oxygen atoms in total. The van der Waals surface area contributed by atoms with E-state index < -0.39 is 5.54 Å². The van der Waals surface area contributed by atoms with Crippen LogP contribution in [0.15, 0.2) is 0 Å². The van der Waals surface area contributed by atoms with Gasteiger partial charge in [-0.15, -0.1) is 0 Å². The molecule has 2 saturated carbocycles. The van der Waals surface area contributed by atoms with Gasteiger partial charge in [0.25, 0.3) is 0 Å². The maximum absolute atomic E-state index is 12.6. The average Bonchev–Trinajstić information content (AvgIpc) is 2.86. The molecule has 3 fully saturated rings. The van der Waals surface area contributed by atoms with Gasteiger partial charge < -0.3 is 0 Å². The van der Waals surface area contributed by atoms with Crippen LogP contribution in [0.4, 0.5) is 0 Å². The first-order valence-corrected chi connectivity index (χ1v) is 7.88. The highest BCUT2D eigenvalue weighted by atomic mass is 16.2. The smallest absolute Gasteiger partial charge is 0.231 e. The summed E-state index contributed by atoms with van der Waals surface area (Å²) in [6.07, 6.45) is 9.51. The van der Waals surface area contributed by atoms with E-state index in [0.717, 1.165) is 44.9 Å². The molecule has 0 aromatic carbocycles. The molecule has 0 atom stereocenters. The molecule has 3 aliphatic rings. The van der Waals surface area contributed by atoms with E-state index in [4.69, 9.17) is 0 Å². The Balaban J connectivity index is 1.85. The summed E-state index contributed by atoms with van der Waals surface area (Å²) < 4.78 is 0. The molecule has 1 saturated heterocycles. The predicted molar refractivity (Wildman–Crippen MR) is 73.4 cm³/mol. The number of rotatable bonds is 1. The van der Waals surface area contributed by atoms with Crippen molar-refractivity contribution in [3.63, 3.8) is 0 Å². The van der Waals surface area contributed by atoms with E-state index in [1.165, 1.54) is 4.90 Å². The molecule has 4 heteroatoms. The van der Waals surface area contributed by atoms with Crippen molar-refractivity contribution in [2.75, 3.05) is 0 Å². The minimum atomic E-state index is -0.841. The Hall–Kier alpha value is -1.37. The highest BCUT2D eigenvalue weighted by Gasteiger charge is 2.52. The van der Waals surface area contributed by atoms with Crippen LogP contribution in [0.25, 0.3) is 0 Å². The standard InChI is InChI=1S/C16H22N2O2/c17-12-16(8-2-1-3-9-16)18-13(19)10-15(11-14(18)20)6-4-5-7-15/h1-11H2. The monoisotopic (exact) mass is 274 g/mol. The minimum absolute atomic E-state index is 0.0734. The molecule has 0 unspecified atom stereocenters. The fourth-order valence-corrected chi connectivity index (χ4v) is 4.48. The molecule has 1 spiro atoms. The highest BCUT2D eigenvalue weighted by molar-refractivity contribution is 6.00. The predicted octanol–water partition coefficient (Wildman–Crippen LogP) is 2.92. The maximum Gasteiger partial charge on any atom is 0.231 e. The third-order valence-corrected chi connectivity index (χ3v) is 5.53.